The minimum Gasteiger partial charge on any atom is -0.326 e. The van der Waals surface area contributed by atoms with Crippen molar-refractivity contribution < 1.29 is 0 Å². The Hall–Kier alpha value is -0.630. The van der Waals surface area contributed by atoms with E-state index in [1.807, 2.05) is 0 Å². The first-order valence-corrected chi connectivity index (χ1v) is 2.11. The fourth-order valence-corrected chi connectivity index (χ4v) is 0.235. The topological polar surface area (TPSA) is 38.4 Å². The van der Waals surface area contributed by atoms with Crippen LogP contribution in [0.15, 0.2) is 17.1 Å². The lowest BCUT2D eigenvalue weighted by atomic mass is 10.3. The van der Waals surface area contributed by atoms with Gasteiger partial charge >= 0.3 is 0 Å². The third kappa shape index (κ3) is 3.19. The van der Waals surface area contributed by atoms with Crippen LogP contribution in [0.5, 0.6) is 0 Å². The van der Waals surface area contributed by atoms with Crippen LogP contribution in [0.2, 0.25) is 0 Å². The second kappa shape index (κ2) is 3.56. The van der Waals surface area contributed by atoms with E-state index in [9.17, 15) is 0 Å². The lowest BCUT2D eigenvalue weighted by Crippen LogP contribution is -2.01. The van der Waals surface area contributed by atoms with Crippen molar-refractivity contribution in [3.8, 4) is 0 Å². The van der Waals surface area contributed by atoms with Crippen LogP contribution >= 0.6 is 0 Å². The zero-order valence-electron chi connectivity index (χ0n) is 4.52. The van der Waals surface area contributed by atoms with Crippen molar-refractivity contribution in [2.24, 2.45) is 10.7 Å². The molecule has 0 aromatic carbocycles. The van der Waals surface area contributed by atoms with E-state index in [-0.39, 0.29) is 0 Å². The molecule has 0 aromatic heterocycles. The monoisotopic (exact) mass is 98.1 g/mol. The molecule has 0 spiro atoms. The average Bonchev–Trinajstić information content (AvgIpc) is 1.68. The van der Waals surface area contributed by atoms with Gasteiger partial charge in [0.15, 0.2) is 0 Å². The quantitative estimate of drug-likeness (QED) is 0.492. The zero-order valence-corrected chi connectivity index (χ0v) is 4.52. The second-order valence-corrected chi connectivity index (χ2v) is 1.25. The standard InChI is InChI=1S/C5H10N2/c1-5(3-6)4-7-2/h4H,1,3,6H2,2H3. The van der Waals surface area contributed by atoms with Crippen molar-refractivity contribution in [2.75, 3.05) is 13.6 Å². The van der Waals surface area contributed by atoms with Crippen LogP contribution in [0.4, 0.5) is 0 Å². The van der Waals surface area contributed by atoms with Gasteiger partial charge in [-0.25, -0.2) is 0 Å². The van der Waals surface area contributed by atoms with Crippen LogP contribution in [0, 0.1) is 0 Å². The fraction of sp³-hybridized carbons (Fsp3) is 0.400. The summed E-state index contributed by atoms with van der Waals surface area (Å²) >= 11 is 0. The molecule has 0 saturated carbocycles. The Bertz CT molecular complexity index is 84.1. The van der Waals surface area contributed by atoms with Gasteiger partial charge in [-0.05, 0) is 5.57 Å². The van der Waals surface area contributed by atoms with Gasteiger partial charge < -0.3 is 5.73 Å². The van der Waals surface area contributed by atoms with Crippen LogP contribution in [0.1, 0.15) is 0 Å². The Labute approximate surface area is 43.7 Å². The van der Waals surface area contributed by atoms with Gasteiger partial charge in [0, 0.05) is 19.8 Å². The molecule has 0 aromatic rings. The van der Waals surface area contributed by atoms with Crippen molar-refractivity contribution >= 4 is 6.21 Å². The van der Waals surface area contributed by atoms with Crippen LogP contribution in [-0.2, 0) is 0 Å². The van der Waals surface area contributed by atoms with Crippen LogP contribution < -0.4 is 5.73 Å². The Morgan fingerprint density at radius 3 is 2.71 bits per heavy atom. The normalized spacial score (nSPS) is 10.0. The molecule has 0 fully saturated rings. The van der Waals surface area contributed by atoms with E-state index in [0.717, 1.165) is 5.57 Å². The maximum absolute atomic E-state index is 5.17. The van der Waals surface area contributed by atoms with Gasteiger partial charge in [0.2, 0.25) is 0 Å². The zero-order chi connectivity index (χ0) is 5.70. The summed E-state index contributed by atoms with van der Waals surface area (Å²) in [5.74, 6) is 0. The summed E-state index contributed by atoms with van der Waals surface area (Å²) < 4.78 is 0. The molecule has 0 radical (unpaired) electrons. The number of hydrogen-bond donors (Lipinski definition) is 1. The van der Waals surface area contributed by atoms with Gasteiger partial charge in [-0.15, -0.1) is 0 Å². The van der Waals surface area contributed by atoms with Crippen LogP contribution in [0.25, 0.3) is 0 Å². The average molecular weight is 98.1 g/mol. The van der Waals surface area contributed by atoms with Gasteiger partial charge in [-0.3, -0.25) is 4.99 Å². The molecule has 0 saturated heterocycles. The van der Waals surface area contributed by atoms with Gasteiger partial charge in [-0.2, -0.15) is 0 Å². The lowest BCUT2D eigenvalue weighted by molar-refractivity contribution is 1.22. The van der Waals surface area contributed by atoms with Crippen molar-refractivity contribution in [3.63, 3.8) is 0 Å². The molecule has 0 atom stereocenters. The minimum absolute atomic E-state index is 0.497. The Morgan fingerprint density at radius 1 is 2.00 bits per heavy atom. The van der Waals surface area contributed by atoms with E-state index in [1.54, 1.807) is 13.3 Å². The summed E-state index contributed by atoms with van der Waals surface area (Å²) in [4.78, 5) is 3.70. The van der Waals surface area contributed by atoms with Crippen molar-refractivity contribution in [1.29, 1.82) is 0 Å². The molecule has 2 heteroatoms. The molecule has 0 amide bonds. The van der Waals surface area contributed by atoms with E-state index in [0.29, 0.717) is 6.54 Å². The SMILES string of the molecule is C=C(C=NC)CN. The second-order valence-electron chi connectivity index (χ2n) is 1.25. The Morgan fingerprint density at radius 2 is 2.57 bits per heavy atom. The molecule has 0 bridgehead atoms. The first-order valence-electron chi connectivity index (χ1n) is 2.11. The number of nitrogens with two attached hydrogens (primary N) is 1. The van der Waals surface area contributed by atoms with Crippen molar-refractivity contribution in [3.05, 3.63) is 12.2 Å². The van der Waals surface area contributed by atoms with Gasteiger partial charge in [0.1, 0.15) is 0 Å². The van der Waals surface area contributed by atoms with E-state index in [2.05, 4.69) is 11.6 Å². The Balaban J connectivity index is 3.37. The summed E-state index contributed by atoms with van der Waals surface area (Å²) in [5, 5.41) is 0. The molecule has 40 valence electrons. The molecule has 2 nitrogen and oxygen atoms in total. The molecule has 2 N–H and O–H groups in total. The molecule has 0 aliphatic heterocycles. The van der Waals surface area contributed by atoms with Gasteiger partial charge in [0.25, 0.3) is 0 Å². The first-order chi connectivity index (χ1) is 3.31. The molecule has 0 aliphatic rings. The largest absolute Gasteiger partial charge is 0.326 e. The van der Waals surface area contributed by atoms with E-state index in [4.69, 9.17) is 5.73 Å². The van der Waals surface area contributed by atoms with E-state index in [1.165, 1.54) is 0 Å². The number of rotatable bonds is 2. The smallest absolute Gasteiger partial charge is 0.0277 e. The summed E-state index contributed by atoms with van der Waals surface area (Å²) in [6.07, 6.45) is 1.65. The third-order valence-electron chi connectivity index (χ3n) is 0.574. The maximum atomic E-state index is 5.17. The Kier molecular flexibility index (Phi) is 3.24. The summed E-state index contributed by atoms with van der Waals surface area (Å²) in [6, 6.07) is 0. The highest BCUT2D eigenvalue weighted by Gasteiger charge is 1.76. The molecule has 0 heterocycles. The van der Waals surface area contributed by atoms with Crippen LogP contribution in [0.3, 0.4) is 0 Å². The lowest BCUT2D eigenvalue weighted by Gasteiger charge is -1.85. The highest BCUT2D eigenvalue weighted by atomic mass is 14.6. The highest BCUT2D eigenvalue weighted by Crippen LogP contribution is 1.75. The molecule has 0 aliphatic carbocycles. The van der Waals surface area contributed by atoms with Gasteiger partial charge in [-0.1, -0.05) is 6.58 Å². The molecular formula is C5H10N2. The van der Waals surface area contributed by atoms with E-state index < -0.39 is 0 Å². The molecule has 0 unspecified atom stereocenters. The van der Waals surface area contributed by atoms with Crippen molar-refractivity contribution in [2.45, 2.75) is 0 Å². The predicted octanol–water partition coefficient (Wildman–Crippen LogP) is 0.202. The predicted molar refractivity (Wildman–Crippen MR) is 32.6 cm³/mol. The number of aliphatic imine (C=N–C) groups is 1. The van der Waals surface area contributed by atoms with Crippen molar-refractivity contribution in [1.82, 2.24) is 0 Å². The fourth-order valence-electron chi connectivity index (χ4n) is 0.235. The summed E-state index contributed by atoms with van der Waals surface area (Å²) in [6.45, 7) is 4.09. The number of nitrogens with zero attached hydrogens (tertiary/aromatic N) is 1. The maximum Gasteiger partial charge on any atom is 0.0277 e. The van der Waals surface area contributed by atoms with Gasteiger partial charge in [0.05, 0.1) is 0 Å². The third-order valence-corrected chi connectivity index (χ3v) is 0.574. The first kappa shape index (κ1) is 6.37. The molecule has 7 heavy (non-hydrogen) atoms. The highest BCUT2D eigenvalue weighted by molar-refractivity contribution is 5.77. The number of hydrogen-bond acceptors (Lipinski definition) is 2. The van der Waals surface area contributed by atoms with Crippen LogP contribution in [-0.4, -0.2) is 19.8 Å². The molecular weight excluding hydrogens is 88.1 g/mol. The summed E-state index contributed by atoms with van der Waals surface area (Å²) in [7, 11) is 1.70. The minimum atomic E-state index is 0.497. The molecule has 0 rings (SSSR count). The van der Waals surface area contributed by atoms with E-state index >= 15 is 0 Å². The summed E-state index contributed by atoms with van der Waals surface area (Å²) in [5.41, 5.74) is 6.03.